The highest BCUT2D eigenvalue weighted by Gasteiger charge is 2.21. The quantitative estimate of drug-likeness (QED) is 0.910. The molecule has 0 heterocycles. The summed E-state index contributed by atoms with van der Waals surface area (Å²) in [5.41, 5.74) is -0.139. The van der Waals surface area contributed by atoms with Gasteiger partial charge in [0.2, 0.25) is 0 Å². The predicted octanol–water partition coefficient (Wildman–Crippen LogP) is 3.68. The SMILES string of the molecule is CCOc1ccc(Cl)cc1S(=O)(=O)Nc1ccccc1F. The summed E-state index contributed by atoms with van der Waals surface area (Å²) in [7, 11) is -4.01. The molecule has 0 bridgehead atoms. The molecule has 0 radical (unpaired) electrons. The van der Waals surface area contributed by atoms with Gasteiger partial charge in [0.1, 0.15) is 16.5 Å². The molecule has 0 aromatic heterocycles. The highest BCUT2D eigenvalue weighted by molar-refractivity contribution is 7.92. The van der Waals surface area contributed by atoms with E-state index in [4.69, 9.17) is 16.3 Å². The minimum Gasteiger partial charge on any atom is -0.492 e. The largest absolute Gasteiger partial charge is 0.492 e. The monoisotopic (exact) mass is 329 g/mol. The molecule has 1 N–H and O–H groups in total. The van der Waals surface area contributed by atoms with Gasteiger partial charge in [0.25, 0.3) is 10.0 Å². The van der Waals surface area contributed by atoms with Crippen LogP contribution in [0.15, 0.2) is 47.4 Å². The van der Waals surface area contributed by atoms with E-state index in [0.717, 1.165) is 0 Å². The maximum absolute atomic E-state index is 13.6. The Hall–Kier alpha value is -1.79. The van der Waals surface area contributed by atoms with Crippen LogP contribution in [0.5, 0.6) is 5.75 Å². The third-order valence-electron chi connectivity index (χ3n) is 2.61. The number of nitrogens with one attached hydrogen (secondary N) is 1. The Balaban J connectivity index is 2.44. The number of hydrogen-bond donors (Lipinski definition) is 1. The van der Waals surface area contributed by atoms with Crippen molar-refractivity contribution in [3.8, 4) is 5.75 Å². The van der Waals surface area contributed by atoms with Gasteiger partial charge >= 0.3 is 0 Å². The smallest absolute Gasteiger partial charge is 0.265 e. The van der Waals surface area contributed by atoms with Crippen LogP contribution in [0.4, 0.5) is 10.1 Å². The maximum atomic E-state index is 13.6. The third-order valence-corrected chi connectivity index (χ3v) is 4.24. The van der Waals surface area contributed by atoms with Crippen LogP contribution < -0.4 is 9.46 Å². The summed E-state index contributed by atoms with van der Waals surface area (Å²) >= 11 is 5.84. The van der Waals surface area contributed by atoms with E-state index in [2.05, 4.69) is 4.72 Å². The molecular formula is C14H13ClFNO3S. The minimum atomic E-state index is -4.01. The summed E-state index contributed by atoms with van der Waals surface area (Å²) in [6.07, 6.45) is 0. The molecule has 0 fully saturated rings. The number of benzene rings is 2. The Labute approximate surface area is 127 Å². The Morgan fingerprint density at radius 3 is 2.62 bits per heavy atom. The molecule has 7 heteroatoms. The van der Waals surface area contributed by atoms with Gasteiger partial charge in [-0.3, -0.25) is 4.72 Å². The molecule has 4 nitrogen and oxygen atoms in total. The van der Waals surface area contributed by atoms with E-state index in [1.165, 1.54) is 42.5 Å². The molecule has 0 aliphatic carbocycles. The zero-order chi connectivity index (χ0) is 15.5. The van der Waals surface area contributed by atoms with Crippen molar-refractivity contribution in [3.63, 3.8) is 0 Å². The van der Waals surface area contributed by atoms with Gasteiger partial charge in [0, 0.05) is 5.02 Å². The predicted molar refractivity (Wildman–Crippen MR) is 79.8 cm³/mol. The normalized spacial score (nSPS) is 11.2. The summed E-state index contributed by atoms with van der Waals surface area (Å²) in [6, 6.07) is 9.74. The molecule has 2 aromatic carbocycles. The van der Waals surface area contributed by atoms with Crippen molar-refractivity contribution >= 4 is 27.3 Å². The number of anilines is 1. The average Bonchev–Trinajstić information content (AvgIpc) is 2.43. The standard InChI is InChI=1S/C14H13ClFNO3S/c1-2-20-13-8-7-10(15)9-14(13)21(18,19)17-12-6-4-3-5-11(12)16/h3-9,17H,2H2,1H3. The summed E-state index contributed by atoms with van der Waals surface area (Å²) in [4.78, 5) is -0.139. The third kappa shape index (κ3) is 3.65. The molecule has 0 atom stereocenters. The summed E-state index contributed by atoms with van der Waals surface area (Å²) in [5, 5.41) is 0.243. The number of para-hydroxylation sites is 1. The van der Waals surface area contributed by atoms with Crippen molar-refractivity contribution < 1.29 is 17.5 Å². The molecule has 2 aromatic rings. The van der Waals surface area contributed by atoms with Crippen molar-refractivity contribution in [1.82, 2.24) is 0 Å². The van der Waals surface area contributed by atoms with Gasteiger partial charge in [-0.05, 0) is 37.3 Å². The summed E-state index contributed by atoms with van der Waals surface area (Å²) < 4.78 is 45.8. The van der Waals surface area contributed by atoms with Gasteiger partial charge in [-0.1, -0.05) is 23.7 Å². The minimum absolute atomic E-state index is 0.139. The van der Waals surface area contributed by atoms with Crippen LogP contribution in [0, 0.1) is 5.82 Å². The van der Waals surface area contributed by atoms with Gasteiger partial charge in [0.05, 0.1) is 12.3 Å². The fourth-order valence-corrected chi connectivity index (χ4v) is 3.19. The first-order chi connectivity index (χ1) is 9.94. The number of halogens is 2. The molecule has 0 aliphatic heterocycles. The fourth-order valence-electron chi connectivity index (χ4n) is 1.71. The van der Waals surface area contributed by atoms with E-state index in [1.807, 2.05) is 0 Å². The van der Waals surface area contributed by atoms with Crippen LogP contribution in [-0.2, 0) is 10.0 Å². The van der Waals surface area contributed by atoms with Crippen molar-refractivity contribution in [2.75, 3.05) is 11.3 Å². The first-order valence-corrected chi connectivity index (χ1v) is 8.00. The highest BCUT2D eigenvalue weighted by atomic mass is 35.5. The van der Waals surface area contributed by atoms with Crippen molar-refractivity contribution in [1.29, 1.82) is 0 Å². The van der Waals surface area contributed by atoms with Crippen molar-refractivity contribution in [3.05, 3.63) is 53.3 Å². The van der Waals surface area contributed by atoms with E-state index in [9.17, 15) is 12.8 Å². The Bertz CT molecular complexity index is 750. The molecule has 0 saturated heterocycles. The fraction of sp³-hybridized carbons (Fsp3) is 0.143. The van der Waals surface area contributed by atoms with Gasteiger partial charge in [0.15, 0.2) is 0 Å². The van der Waals surface area contributed by atoms with E-state index in [1.54, 1.807) is 6.92 Å². The molecule has 21 heavy (non-hydrogen) atoms. The summed E-state index contributed by atoms with van der Waals surface area (Å²) in [5.74, 6) is -0.508. The van der Waals surface area contributed by atoms with Crippen LogP contribution in [-0.4, -0.2) is 15.0 Å². The number of sulfonamides is 1. The Kier molecular flexibility index (Phi) is 4.69. The zero-order valence-electron chi connectivity index (χ0n) is 11.1. The van der Waals surface area contributed by atoms with E-state index >= 15 is 0 Å². The highest BCUT2D eigenvalue weighted by Crippen LogP contribution is 2.29. The number of rotatable bonds is 5. The molecule has 0 aliphatic rings. The van der Waals surface area contributed by atoms with Crippen LogP contribution in [0.25, 0.3) is 0 Å². The number of hydrogen-bond acceptors (Lipinski definition) is 3. The zero-order valence-corrected chi connectivity index (χ0v) is 12.7. The van der Waals surface area contributed by atoms with Crippen molar-refractivity contribution in [2.24, 2.45) is 0 Å². The Morgan fingerprint density at radius 1 is 1.24 bits per heavy atom. The lowest BCUT2D eigenvalue weighted by molar-refractivity contribution is 0.331. The topological polar surface area (TPSA) is 55.4 Å². The molecule has 0 spiro atoms. The van der Waals surface area contributed by atoms with Crippen LogP contribution >= 0.6 is 11.6 Å². The van der Waals surface area contributed by atoms with Gasteiger partial charge < -0.3 is 4.74 Å². The second-order valence-electron chi connectivity index (χ2n) is 4.11. The number of ether oxygens (including phenoxy) is 1. The van der Waals surface area contributed by atoms with E-state index < -0.39 is 15.8 Å². The van der Waals surface area contributed by atoms with Crippen molar-refractivity contribution in [2.45, 2.75) is 11.8 Å². The summed E-state index contributed by atoms with van der Waals surface area (Å²) in [6.45, 7) is 2.03. The second-order valence-corrected chi connectivity index (χ2v) is 6.20. The first kappa shape index (κ1) is 15.6. The van der Waals surface area contributed by atoms with Crippen LogP contribution in [0.2, 0.25) is 5.02 Å². The van der Waals surface area contributed by atoms with Gasteiger partial charge in [-0.25, -0.2) is 12.8 Å². The van der Waals surface area contributed by atoms with Gasteiger partial charge in [-0.2, -0.15) is 0 Å². The molecule has 0 saturated carbocycles. The average molecular weight is 330 g/mol. The van der Waals surface area contributed by atoms with Crippen LogP contribution in [0.1, 0.15) is 6.92 Å². The first-order valence-electron chi connectivity index (χ1n) is 6.13. The lowest BCUT2D eigenvalue weighted by Gasteiger charge is -2.13. The van der Waals surface area contributed by atoms with E-state index in [0.29, 0.717) is 6.61 Å². The van der Waals surface area contributed by atoms with E-state index in [-0.39, 0.29) is 21.4 Å². The van der Waals surface area contributed by atoms with Gasteiger partial charge in [-0.15, -0.1) is 0 Å². The maximum Gasteiger partial charge on any atom is 0.265 e. The molecule has 0 amide bonds. The Morgan fingerprint density at radius 2 is 1.95 bits per heavy atom. The molecule has 0 unspecified atom stereocenters. The second kappa shape index (κ2) is 6.32. The molecule has 112 valence electrons. The lowest BCUT2D eigenvalue weighted by atomic mass is 10.3. The molecule has 2 rings (SSSR count). The van der Waals surface area contributed by atoms with Crippen LogP contribution in [0.3, 0.4) is 0 Å². The lowest BCUT2D eigenvalue weighted by Crippen LogP contribution is -2.15. The molecular weight excluding hydrogens is 317 g/mol.